The summed E-state index contributed by atoms with van der Waals surface area (Å²) in [4.78, 5) is 11.8. The molecule has 0 bridgehead atoms. The zero-order chi connectivity index (χ0) is 16.3. The second kappa shape index (κ2) is 6.57. The fourth-order valence-corrected chi connectivity index (χ4v) is 2.55. The van der Waals surface area contributed by atoms with Gasteiger partial charge in [-0.15, -0.1) is 0 Å². The summed E-state index contributed by atoms with van der Waals surface area (Å²) in [5.41, 5.74) is 7.62. The number of carbonyl (C=O) groups is 1. The highest BCUT2D eigenvalue weighted by molar-refractivity contribution is 5.68. The number of carbonyl (C=O) groups excluding carboxylic acids is 1. The highest BCUT2D eigenvalue weighted by atomic mass is 16.6. The van der Waals surface area contributed by atoms with Crippen molar-refractivity contribution in [3.05, 3.63) is 29.3 Å². The molecule has 0 radical (unpaired) electrons. The van der Waals surface area contributed by atoms with Gasteiger partial charge in [0, 0.05) is 19.0 Å². The van der Waals surface area contributed by atoms with Gasteiger partial charge in [-0.05, 0) is 51.3 Å². The molecule has 0 saturated heterocycles. The lowest BCUT2D eigenvalue weighted by Gasteiger charge is -2.23. The van der Waals surface area contributed by atoms with Crippen LogP contribution in [-0.2, 0) is 17.6 Å². The molecule has 3 N–H and O–H groups in total. The molecule has 1 aliphatic rings. The van der Waals surface area contributed by atoms with E-state index in [1.165, 1.54) is 5.56 Å². The van der Waals surface area contributed by atoms with Gasteiger partial charge < -0.3 is 20.5 Å². The SMILES string of the molecule is CC1Cc2cc(CC(CN)NC(=O)OC(C)(C)C)ccc2O1. The van der Waals surface area contributed by atoms with Crippen molar-refractivity contribution in [1.82, 2.24) is 5.32 Å². The average molecular weight is 306 g/mol. The quantitative estimate of drug-likeness (QED) is 0.896. The molecule has 5 heteroatoms. The second-order valence-electron chi connectivity index (χ2n) is 6.86. The maximum Gasteiger partial charge on any atom is 0.407 e. The van der Waals surface area contributed by atoms with Gasteiger partial charge in [-0.1, -0.05) is 12.1 Å². The molecule has 0 aromatic heterocycles. The van der Waals surface area contributed by atoms with Crippen molar-refractivity contribution in [2.45, 2.75) is 58.3 Å². The van der Waals surface area contributed by atoms with Crippen LogP contribution in [0.5, 0.6) is 5.75 Å². The predicted octanol–water partition coefficient (Wildman–Crippen LogP) is 2.40. The third kappa shape index (κ3) is 4.63. The number of benzene rings is 1. The smallest absolute Gasteiger partial charge is 0.407 e. The van der Waals surface area contributed by atoms with E-state index < -0.39 is 11.7 Å². The van der Waals surface area contributed by atoms with Crippen molar-refractivity contribution in [2.75, 3.05) is 6.54 Å². The third-order valence-electron chi connectivity index (χ3n) is 3.45. The Hall–Kier alpha value is -1.75. The number of rotatable bonds is 4. The summed E-state index contributed by atoms with van der Waals surface area (Å²) in [5, 5.41) is 2.83. The van der Waals surface area contributed by atoms with Gasteiger partial charge in [-0.25, -0.2) is 4.79 Å². The molecule has 2 rings (SSSR count). The predicted molar refractivity (Wildman–Crippen MR) is 86.2 cm³/mol. The monoisotopic (exact) mass is 306 g/mol. The minimum absolute atomic E-state index is 0.146. The van der Waals surface area contributed by atoms with Gasteiger partial charge in [-0.2, -0.15) is 0 Å². The fraction of sp³-hybridized carbons (Fsp3) is 0.588. The lowest BCUT2D eigenvalue weighted by Crippen LogP contribution is -2.44. The zero-order valence-electron chi connectivity index (χ0n) is 13.8. The molecule has 1 aliphatic heterocycles. The molecule has 122 valence electrons. The average Bonchev–Trinajstić information content (AvgIpc) is 2.75. The summed E-state index contributed by atoms with van der Waals surface area (Å²) in [5.74, 6) is 0.959. The minimum Gasteiger partial charge on any atom is -0.490 e. The van der Waals surface area contributed by atoms with Crippen LogP contribution in [0.3, 0.4) is 0 Å². The maximum absolute atomic E-state index is 11.8. The van der Waals surface area contributed by atoms with Crippen LogP contribution in [0.4, 0.5) is 4.79 Å². The number of fused-ring (bicyclic) bond motifs is 1. The van der Waals surface area contributed by atoms with E-state index in [1.807, 2.05) is 32.9 Å². The molecular formula is C17H26N2O3. The van der Waals surface area contributed by atoms with Gasteiger partial charge in [-0.3, -0.25) is 0 Å². The van der Waals surface area contributed by atoms with E-state index in [2.05, 4.69) is 18.3 Å². The highest BCUT2D eigenvalue weighted by Gasteiger charge is 2.21. The standard InChI is InChI=1S/C17H26N2O3/c1-11-7-13-8-12(5-6-15(13)21-11)9-14(10-18)19-16(20)22-17(2,3)4/h5-6,8,11,14H,7,9-10,18H2,1-4H3,(H,19,20). The number of hydrogen-bond acceptors (Lipinski definition) is 4. The molecule has 1 heterocycles. The van der Waals surface area contributed by atoms with Crippen molar-refractivity contribution in [3.63, 3.8) is 0 Å². The molecule has 0 saturated carbocycles. The van der Waals surface area contributed by atoms with Gasteiger partial charge in [0.15, 0.2) is 0 Å². The lowest BCUT2D eigenvalue weighted by molar-refractivity contribution is 0.0506. The Morgan fingerprint density at radius 3 is 2.86 bits per heavy atom. The first-order chi connectivity index (χ1) is 10.3. The molecular weight excluding hydrogens is 280 g/mol. The summed E-state index contributed by atoms with van der Waals surface area (Å²) in [7, 11) is 0. The molecule has 0 aliphatic carbocycles. The number of hydrogen-bond donors (Lipinski definition) is 2. The first kappa shape index (κ1) is 16.6. The molecule has 1 aromatic rings. The summed E-state index contributed by atoms with van der Waals surface area (Å²) < 4.78 is 11.0. The lowest BCUT2D eigenvalue weighted by atomic mass is 10.0. The van der Waals surface area contributed by atoms with E-state index in [1.54, 1.807) is 0 Å². The Morgan fingerprint density at radius 2 is 2.23 bits per heavy atom. The van der Waals surface area contributed by atoms with Crippen molar-refractivity contribution in [2.24, 2.45) is 5.73 Å². The van der Waals surface area contributed by atoms with Crippen LogP contribution >= 0.6 is 0 Å². The van der Waals surface area contributed by atoms with Gasteiger partial charge in [0.25, 0.3) is 0 Å². The van der Waals surface area contributed by atoms with Crippen molar-refractivity contribution < 1.29 is 14.3 Å². The minimum atomic E-state index is -0.510. The Kier molecular flexibility index (Phi) is 4.96. The van der Waals surface area contributed by atoms with Crippen LogP contribution < -0.4 is 15.8 Å². The Morgan fingerprint density at radius 1 is 1.50 bits per heavy atom. The normalized spacial score (nSPS) is 18.3. The number of nitrogens with one attached hydrogen (secondary N) is 1. The van der Waals surface area contributed by atoms with Gasteiger partial charge in [0.1, 0.15) is 17.5 Å². The summed E-state index contributed by atoms with van der Waals surface area (Å²) in [6.07, 6.45) is 1.41. The van der Waals surface area contributed by atoms with Crippen molar-refractivity contribution in [1.29, 1.82) is 0 Å². The highest BCUT2D eigenvalue weighted by Crippen LogP contribution is 2.29. The maximum atomic E-state index is 11.8. The topological polar surface area (TPSA) is 73.6 Å². The van der Waals surface area contributed by atoms with Crippen LogP contribution in [0.15, 0.2) is 18.2 Å². The van der Waals surface area contributed by atoms with E-state index in [-0.39, 0.29) is 12.1 Å². The van der Waals surface area contributed by atoms with Crippen LogP contribution in [-0.4, -0.2) is 30.4 Å². The molecule has 2 unspecified atom stereocenters. The van der Waals surface area contributed by atoms with E-state index in [4.69, 9.17) is 15.2 Å². The fourth-order valence-electron chi connectivity index (χ4n) is 2.55. The van der Waals surface area contributed by atoms with Crippen LogP contribution in [0.2, 0.25) is 0 Å². The van der Waals surface area contributed by atoms with E-state index in [9.17, 15) is 4.79 Å². The first-order valence-electron chi connectivity index (χ1n) is 7.75. The van der Waals surface area contributed by atoms with Gasteiger partial charge in [0.05, 0.1) is 0 Å². The second-order valence-corrected chi connectivity index (χ2v) is 6.86. The number of nitrogens with two attached hydrogens (primary N) is 1. The van der Waals surface area contributed by atoms with E-state index in [0.717, 1.165) is 17.7 Å². The van der Waals surface area contributed by atoms with E-state index in [0.29, 0.717) is 13.0 Å². The van der Waals surface area contributed by atoms with Crippen molar-refractivity contribution in [3.8, 4) is 5.75 Å². The van der Waals surface area contributed by atoms with Crippen LogP contribution in [0, 0.1) is 0 Å². The van der Waals surface area contributed by atoms with E-state index >= 15 is 0 Å². The number of amides is 1. The van der Waals surface area contributed by atoms with Crippen LogP contribution in [0.1, 0.15) is 38.8 Å². The molecule has 22 heavy (non-hydrogen) atoms. The molecule has 1 amide bonds. The Labute approximate surface area is 132 Å². The Bertz CT molecular complexity index is 537. The summed E-state index contributed by atoms with van der Waals surface area (Å²) >= 11 is 0. The Balaban J connectivity index is 1.96. The summed E-state index contributed by atoms with van der Waals surface area (Å²) in [6.45, 7) is 7.94. The number of alkyl carbamates (subject to hydrolysis) is 1. The zero-order valence-corrected chi connectivity index (χ0v) is 13.8. The summed E-state index contributed by atoms with van der Waals surface area (Å²) in [6, 6.07) is 6.01. The van der Waals surface area contributed by atoms with Crippen LogP contribution in [0.25, 0.3) is 0 Å². The largest absolute Gasteiger partial charge is 0.490 e. The first-order valence-corrected chi connectivity index (χ1v) is 7.75. The molecule has 0 fully saturated rings. The van der Waals surface area contributed by atoms with Gasteiger partial charge in [0.2, 0.25) is 0 Å². The number of ether oxygens (including phenoxy) is 2. The molecule has 1 aromatic carbocycles. The van der Waals surface area contributed by atoms with Gasteiger partial charge >= 0.3 is 6.09 Å². The third-order valence-corrected chi connectivity index (χ3v) is 3.45. The molecule has 2 atom stereocenters. The molecule has 5 nitrogen and oxygen atoms in total. The van der Waals surface area contributed by atoms with Crippen molar-refractivity contribution >= 4 is 6.09 Å². The molecule has 0 spiro atoms.